The molecule has 22 heavy (non-hydrogen) atoms. The van der Waals surface area contributed by atoms with Crippen LogP contribution in [0.5, 0.6) is 0 Å². The molecule has 0 fully saturated rings. The number of hydrogen-bond donors (Lipinski definition) is 1. The number of carbonyl (C=O) groups is 1. The number of carbonyl (C=O) groups excluding carboxylic acids is 1. The summed E-state index contributed by atoms with van der Waals surface area (Å²) in [5.41, 5.74) is 2.96. The van der Waals surface area contributed by atoms with Crippen LogP contribution < -0.4 is 5.43 Å². The predicted octanol–water partition coefficient (Wildman–Crippen LogP) is 5.21. The molecule has 0 heterocycles. The summed E-state index contributed by atoms with van der Waals surface area (Å²) >= 11 is 0. The van der Waals surface area contributed by atoms with Crippen LogP contribution in [0.4, 0.5) is 0 Å². The van der Waals surface area contributed by atoms with Crippen LogP contribution in [-0.2, 0) is 4.79 Å². The highest BCUT2D eigenvalue weighted by Crippen LogP contribution is 2.12. The van der Waals surface area contributed by atoms with Gasteiger partial charge in [-0.25, -0.2) is 10.0 Å². The quantitative estimate of drug-likeness (QED) is 0.251. The zero-order valence-electron chi connectivity index (χ0n) is 15.8. The fourth-order valence-corrected chi connectivity index (χ4v) is 2.73. The molecule has 0 aromatic rings. The zero-order valence-corrected chi connectivity index (χ0v) is 15.8. The van der Waals surface area contributed by atoms with E-state index in [2.05, 4.69) is 12.3 Å². The number of unbranched alkanes of at least 4 members (excludes halogenated alkanes) is 12. The van der Waals surface area contributed by atoms with Gasteiger partial charge >= 0.3 is 0 Å². The lowest BCUT2D eigenvalue weighted by molar-refractivity contribution is -0.906. The number of amides is 1. The summed E-state index contributed by atoms with van der Waals surface area (Å²) in [6.07, 6.45) is 18.2. The van der Waals surface area contributed by atoms with E-state index in [-0.39, 0.29) is 5.91 Å². The molecule has 0 aliphatic rings. The first-order chi connectivity index (χ1) is 10.5. The molecule has 0 aliphatic carbocycles. The van der Waals surface area contributed by atoms with Gasteiger partial charge in [-0.1, -0.05) is 84.0 Å². The summed E-state index contributed by atoms with van der Waals surface area (Å²) in [4.78, 5) is 11.6. The minimum absolute atomic E-state index is 0.176. The molecule has 0 aromatic carbocycles. The van der Waals surface area contributed by atoms with Crippen LogP contribution in [0.3, 0.4) is 0 Å². The van der Waals surface area contributed by atoms with Crippen LogP contribution >= 0.6 is 0 Å². The number of hydrogen-bond acceptors (Lipinski definition) is 1. The van der Waals surface area contributed by atoms with E-state index in [1.807, 2.05) is 21.1 Å². The van der Waals surface area contributed by atoms with Crippen LogP contribution in [0, 0.1) is 0 Å². The summed E-state index contributed by atoms with van der Waals surface area (Å²) in [6, 6.07) is 0. The first kappa shape index (κ1) is 21.4. The summed E-state index contributed by atoms with van der Waals surface area (Å²) in [6.45, 7) is 2.27. The van der Waals surface area contributed by atoms with Gasteiger partial charge in [0.25, 0.3) is 5.91 Å². The minimum Gasteiger partial charge on any atom is -0.270 e. The molecule has 0 rings (SSSR count). The van der Waals surface area contributed by atoms with Gasteiger partial charge in [0.2, 0.25) is 0 Å². The Labute approximate surface area is 139 Å². The van der Waals surface area contributed by atoms with Crippen molar-refractivity contribution in [2.24, 2.45) is 0 Å². The Kier molecular flexibility index (Phi) is 13.7. The molecule has 0 aliphatic heterocycles. The van der Waals surface area contributed by atoms with E-state index in [1.165, 1.54) is 77.0 Å². The fraction of sp³-hybridized carbons (Fsp3) is 0.947. The summed E-state index contributed by atoms with van der Waals surface area (Å²) in [7, 11) is 5.92. The van der Waals surface area contributed by atoms with Gasteiger partial charge in [0, 0.05) is 6.42 Å². The normalized spacial score (nSPS) is 11.6. The van der Waals surface area contributed by atoms with E-state index in [0.29, 0.717) is 11.0 Å². The maximum absolute atomic E-state index is 11.6. The molecule has 0 aromatic heterocycles. The van der Waals surface area contributed by atoms with Crippen molar-refractivity contribution in [2.45, 2.75) is 96.8 Å². The van der Waals surface area contributed by atoms with Crippen molar-refractivity contribution in [3.8, 4) is 0 Å². The molecule has 3 heteroatoms. The maximum atomic E-state index is 11.6. The second-order valence-corrected chi connectivity index (χ2v) is 7.54. The van der Waals surface area contributed by atoms with Crippen molar-refractivity contribution in [3.63, 3.8) is 0 Å². The lowest BCUT2D eigenvalue weighted by Gasteiger charge is -2.23. The van der Waals surface area contributed by atoms with E-state index in [9.17, 15) is 4.79 Å². The first-order valence-electron chi connectivity index (χ1n) is 9.58. The monoisotopic (exact) mass is 313 g/mol. The van der Waals surface area contributed by atoms with Gasteiger partial charge in [-0.3, -0.25) is 4.79 Å². The maximum Gasteiger partial charge on any atom is 0.264 e. The van der Waals surface area contributed by atoms with Crippen molar-refractivity contribution >= 4 is 5.91 Å². The van der Waals surface area contributed by atoms with Crippen molar-refractivity contribution in [1.82, 2.24) is 5.43 Å². The minimum atomic E-state index is 0.176. The topological polar surface area (TPSA) is 29.1 Å². The van der Waals surface area contributed by atoms with Gasteiger partial charge in [-0.05, 0) is 6.42 Å². The average Bonchev–Trinajstić information content (AvgIpc) is 2.42. The molecule has 0 saturated carbocycles. The van der Waals surface area contributed by atoms with Gasteiger partial charge in [0.1, 0.15) is 0 Å². The second-order valence-electron chi connectivity index (χ2n) is 7.54. The van der Waals surface area contributed by atoms with E-state index in [4.69, 9.17) is 0 Å². The Balaban J connectivity index is 3.16. The van der Waals surface area contributed by atoms with Crippen molar-refractivity contribution < 1.29 is 9.39 Å². The Morgan fingerprint density at radius 2 is 1.05 bits per heavy atom. The standard InChI is InChI=1S/C19H40N2O/c1-5-6-7-8-9-10-11-12-13-14-15-16-17-18-19(22)20-21(2,3)4/h5-18H2,1-4H3/p+1. The van der Waals surface area contributed by atoms with Crippen LogP contribution in [0.25, 0.3) is 0 Å². The number of nitrogens with one attached hydrogen (secondary N) is 1. The van der Waals surface area contributed by atoms with Crippen LogP contribution in [0.1, 0.15) is 96.8 Å². The zero-order chi connectivity index (χ0) is 16.7. The molecule has 0 bridgehead atoms. The Hall–Kier alpha value is -0.570. The van der Waals surface area contributed by atoms with E-state index >= 15 is 0 Å². The van der Waals surface area contributed by atoms with Crippen molar-refractivity contribution in [2.75, 3.05) is 21.1 Å². The Morgan fingerprint density at radius 1 is 0.682 bits per heavy atom. The highest BCUT2D eigenvalue weighted by molar-refractivity contribution is 5.74. The third kappa shape index (κ3) is 17.5. The molecular formula is C19H41N2O+. The molecule has 0 unspecified atom stereocenters. The van der Waals surface area contributed by atoms with Gasteiger partial charge in [0.05, 0.1) is 21.1 Å². The molecule has 0 radical (unpaired) electrons. The SMILES string of the molecule is CCCCCCCCCCCCCCCC(=O)N[N+](C)(C)C. The number of quaternary nitrogens is 1. The molecule has 0 saturated heterocycles. The van der Waals surface area contributed by atoms with E-state index in [0.717, 1.165) is 6.42 Å². The molecule has 0 spiro atoms. The van der Waals surface area contributed by atoms with Gasteiger partial charge < -0.3 is 0 Å². The van der Waals surface area contributed by atoms with Crippen LogP contribution in [-0.4, -0.2) is 31.6 Å². The second kappa shape index (κ2) is 14.0. The lowest BCUT2D eigenvalue weighted by Crippen LogP contribution is -2.51. The van der Waals surface area contributed by atoms with Crippen molar-refractivity contribution in [3.05, 3.63) is 0 Å². The van der Waals surface area contributed by atoms with Crippen LogP contribution in [0.2, 0.25) is 0 Å². The molecular weight excluding hydrogens is 272 g/mol. The highest BCUT2D eigenvalue weighted by atomic mass is 16.2. The fourth-order valence-electron chi connectivity index (χ4n) is 2.73. The lowest BCUT2D eigenvalue weighted by atomic mass is 10.0. The largest absolute Gasteiger partial charge is 0.270 e. The molecule has 3 nitrogen and oxygen atoms in total. The molecule has 0 atom stereocenters. The average molecular weight is 314 g/mol. The van der Waals surface area contributed by atoms with Gasteiger partial charge in [-0.15, -0.1) is 0 Å². The van der Waals surface area contributed by atoms with Gasteiger partial charge in [-0.2, -0.15) is 0 Å². The van der Waals surface area contributed by atoms with Gasteiger partial charge in [0.15, 0.2) is 0 Å². The highest BCUT2D eigenvalue weighted by Gasteiger charge is 2.11. The van der Waals surface area contributed by atoms with Crippen molar-refractivity contribution in [1.29, 1.82) is 0 Å². The summed E-state index contributed by atoms with van der Waals surface area (Å²) < 4.78 is 0.511. The first-order valence-corrected chi connectivity index (χ1v) is 9.58. The molecule has 1 N–H and O–H groups in total. The molecule has 1 amide bonds. The third-order valence-corrected chi connectivity index (χ3v) is 3.97. The molecule has 132 valence electrons. The van der Waals surface area contributed by atoms with Crippen LogP contribution in [0.15, 0.2) is 0 Å². The Morgan fingerprint density at radius 3 is 1.41 bits per heavy atom. The van der Waals surface area contributed by atoms with E-state index < -0.39 is 0 Å². The third-order valence-electron chi connectivity index (χ3n) is 3.97. The number of rotatable bonds is 15. The number of nitrogens with zero attached hydrogens (tertiary/aromatic N) is 1. The smallest absolute Gasteiger partial charge is 0.264 e. The van der Waals surface area contributed by atoms with E-state index in [1.54, 1.807) is 0 Å². The predicted molar refractivity (Wildman–Crippen MR) is 96.5 cm³/mol. The Bertz CT molecular complexity index is 259. The summed E-state index contributed by atoms with van der Waals surface area (Å²) in [5.74, 6) is 0.176. The summed E-state index contributed by atoms with van der Waals surface area (Å²) in [5, 5.41) is 0.